The van der Waals surface area contributed by atoms with E-state index in [1.807, 2.05) is 36.4 Å². The predicted molar refractivity (Wildman–Crippen MR) is 107 cm³/mol. The standard InChI is InChI=1S/C23H28O3/c1-17(2)5-6-18(3)15-16-26-22-13-11-20(12-14-22)19-7-9-21(10-8-19)23(24)25-4/h5,7-14,18H,6,15-16H2,1-4H3. The fraction of sp³-hybridized carbons (Fsp3) is 0.348. The van der Waals surface area contributed by atoms with Gasteiger partial charge in [0.2, 0.25) is 0 Å². The lowest BCUT2D eigenvalue weighted by atomic mass is 10.0. The number of methoxy groups -OCH3 is 1. The van der Waals surface area contributed by atoms with Crippen molar-refractivity contribution in [3.8, 4) is 16.9 Å². The topological polar surface area (TPSA) is 35.5 Å². The lowest BCUT2D eigenvalue weighted by molar-refractivity contribution is 0.0601. The first-order valence-electron chi connectivity index (χ1n) is 9.04. The molecular formula is C23H28O3. The summed E-state index contributed by atoms with van der Waals surface area (Å²) in [4.78, 5) is 11.5. The van der Waals surface area contributed by atoms with Crippen molar-refractivity contribution in [2.45, 2.75) is 33.6 Å². The lowest BCUT2D eigenvalue weighted by Gasteiger charge is -2.11. The van der Waals surface area contributed by atoms with Crippen LogP contribution in [0.1, 0.15) is 44.0 Å². The summed E-state index contributed by atoms with van der Waals surface area (Å²) < 4.78 is 10.6. The molecule has 0 bridgehead atoms. The third-order valence-corrected chi connectivity index (χ3v) is 4.30. The first-order valence-corrected chi connectivity index (χ1v) is 9.04. The van der Waals surface area contributed by atoms with Crippen molar-refractivity contribution in [3.05, 3.63) is 65.7 Å². The summed E-state index contributed by atoms with van der Waals surface area (Å²) in [6.45, 7) is 7.25. The number of allylic oxidation sites excluding steroid dienone is 2. The molecule has 0 aromatic heterocycles. The molecule has 0 aliphatic rings. The highest BCUT2D eigenvalue weighted by molar-refractivity contribution is 5.89. The van der Waals surface area contributed by atoms with Crippen molar-refractivity contribution in [2.24, 2.45) is 5.92 Å². The predicted octanol–water partition coefficient (Wildman–Crippen LogP) is 5.90. The number of hydrogen-bond donors (Lipinski definition) is 0. The fourth-order valence-corrected chi connectivity index (χ4v) is 2.59. The Morgan fingerprint density at radius 1 is 1.00 bits per heavy atom. The second-order valence-corrected chi connectivity index (χ2v) is 6.85. The third kappa shape index (κ3) is 6.07. The Morgan fingerprint density at radius 2 is 1.58 bits per heavy atom. The highest BCUT2D eigenvalue weighted by atomic mass is 16.5. The zero-order valence-corrected chi connectivity index (χ0v) is 16.1. The zero-order chi connectivity index (χ0) is 18.9. The smallest absolute Gasteiger partial charge is 0.337 e. The number of ether oxygens (including phenoxy) is 2. The minimum absolute atomic E-state index is 0.320. The second-order valence-electron chi connectivity index (χ2n) is 6.85. The average molecular weight is 352 g/mol. The Morgan fingerprint density at radius 3 is 2.12 bits per heavy atom. The van der Waals surface area contributed by atoms with E-state index < -0.39 is 0 Å². The van der Waals surface area contributed by atoms with Gasteiger partial charge in [0.25, 0.3) is 0 Å². The fourth-order valence-electron chi connectivity index (χ4n) is 2.59. The number of carbonyl (C=O) groups excluding carboxylic acids is 1. The Labute approximate surface area is 156 Å². The van der Waals surface area contributed by atoms with Crippen LogP contribution in [-0.2, 0) is 4.74 Å². The van der Waals surface area contributed by atoms with E-state index in [4.69, 9.17) is 9.47 Å². The average Bonchev–Trinajstić information content (AvgIpc) is 2.66. The van der Waals surface area contributed by atoms with Gasteiger partial charge in [-0.3, -0.25) is 0 Å². The quantitative estimate of drug-likeness (QED) is 0.438. The van der Waals surface area contributed by atoms with Gasteiger partial charge in [0, 0.05) is 0 Å². The maximum atomic E-state index is 11.5. The second kappa shape index (κ2) is 9.81. The molecule has 0 radical (unpaired) electrons. The summed E-state index contributed by atoms with van der Waals surface area (Å²) in [5.41, 5.74) is 4.07. The van der Waals surface area contributed by atoms with E-state index in [9.17, 15) is 4.79 Å². The Balaban J connectivity index is 1.88. The van der Waals surface area contributed by atoms with Gasteiger partial charge in [0.1, 0.15) is 5.75 Å². The minimum Gasteiger partial charge on any atom is -0.494 e. The highest BCUT2D eigenvalue weighted by Crippen LogP contribution is 2.23. The summed E-state index contributed by atoms with van der Waals surface area (Å²) in [5.74, 6) is 1.19. The molecule has 26 heavy (non-hydrogen) atoms. The normalized spacial score (nSPS) is 11.5. The van der Waals surface area contributed by atoms with Gasteiger partial charge >= 0.3 is 5.97 Å². The van der Waals surface area contributed by atoms with Crippen LogP contribution in [0.4, 0.5) is 0 Å². The van der Waals surface area contributed by atoms with E-state index in [0.717, 1.165) is 36.3 Å². The summed E-state index contributed by atoms with van der Waals surface area (Å²) in [5, 5.41) is 0. The van der Waals surface area contributed by atoms with Gasteiger partial charge in [-0.1, -0.05) is 42.8 Å². The largest absolute Gasteiger partial charge is 0.494 e. The van der Waals surface area contributed by atoms with E-state index in [0.29, 0.717) is 11.5 Å². The van der Waals surface area contributed by atoms with E-state index in [1.54, 1.807) is 12.1 Å². The molecule has 0 saturated heterocycles. The van der Waals surface area contributed by atoms with Crippen molar-refractivity contribution < 1.29 is 14.3 Å². The monoisotopic (exact) mass is 352 g/mol. The minimum atomic E-state index is -0.320. The molecule has 138 valence electrons. The Bertz CT molecular complexity index is 723. The lowest BCUT2D eigenvalue weighted by Crippen LogP contribution is -2.03. The van der Waals surface area contributed by atoms with Gasteiger partial charge in [-0.15, -0.1) is 0 Å². The van der Waals surface area contributed by atoms with Crippen LogP contribution in [0.15, 0.2) is 60.2 Å². The molecule has 1 atom stereocenters. The molecule has 2 aromatic rings. The first kappa shape index (κ1) is 19.8. The summed E-state index contributed by atoms with van der Waals surface area (Å²) in [6.07, 6.45) is 4.43. The van der Waals surface area contributed by atoms with Gasteiger partial charge in [-0.2, -0.15) is 0 Å². The number of carbonyl (C=O) groups is 1. The van der Waals surface area contributed by atoms with Gasteiger partial charge in [-0.25, -0.2) is 4.79 Å². The van der Waals surface area contributed by atoms with E-state index in [2.05, 4.69) is 26.8 Å². The number of hydrogen-bond acceptors (Lipinski definition) is 3. The maximum Gasteiger partial charge on any atom is 0.337 e. The van der Waals surface area contributed by atoms with E-state index in [1.165, 1.54) is 12.7 Å². The molecule has 0 amide bonds. The summed E-state index contributed by atoms with van der Waals surface area (Å²) in [7, 11) is 1.39. The van der Waals surface area contributed by atoms with Gasteiger partial charge in [0.05, 0.1) is 19.3 Å². The third-order valence-electron chi connectivity index (χ3n) is 4.30. The molecule has 2 aromatic carbocycles. The Hall–Kier alpha value is -2.55. The van der Waals surface area contributed by atoms with Gasteiger partial charge in [-0.05, 0) is 68.0 Å². The number of esters is 1. The molecule has 0 heterocycles. The first-order chi connectivity index (χ1) is 12.5. The molecule has 0 fully saturated rings. The molecular weight excluding hydrogens is 324 g/mol. The van der Waals surface area contributed by atoms with Crippen LogP contribution < -0.4 is 4.74 Å². The van der Waals surface area contributed by atoms with Gasteiger partial charge in [0.15, 0.2) is 0 Å². The van der Waals surface area contributed by atoms with Gasteiger partial charge < -0.3 is 9.47 Å². The van der Waals surface area contributed by atoms with E-state index >= 15 is 0 Å². The van der Waals surface area contributed by atoms with Crippen molar-refractivity contribution in [3.63, 3.8) is 0 Å². The van der Waals surface area contributed by atoms with Crippen LogP contribution in [0.25, 0.3) is 11.1 Å². The van der Waals surface area contributed by atoms with Crippen LogP contribution in [-0.4, -0.2) is 19.7 Å². The molecule has 2 rings (SSSR count). The summed E-state index contributed by atoms with van der Waals surface area (Å²) in [6, 6.07) is 15.5. The molecule has 0 aliphatic carbocycles. The van der Waals surface area contributed by atoms with E-state index in [-0.39, 0.29) is 5.97 Å². The van der Waals surface area contributed by atoms with Crippen molar-refractivity contribution in [1.29, 1.82) is 0 Å². The Kier molecular flexibility index (Phi) is 7.46. The molecule has 3 nitrogen and oxygen atoms in total. The molecule has 0 spiro atoms. The highest BCUT2D eigenvalue weighted by Gasteiger charge is 2.06. The SMILES string of the molecule is COC(=O)c1ccc(-c2ccc(OCCC(C)CC=C(C)C)cc2)cc1. The molecule has 3 heteroatoms. The molecule has 0 N–H and O–H groups in total. The number of benzene rings is 2. The van der Waals surface area contributed by atoms with Crippen molar-refractivity contribution in [2.75, 3.05) is 13.7 Å². The molecule has 0 saturated carbocycles. The van der Waals surface area contributed by atoms with Crippen molar-refractivity contribution in [1.82, 2.24) is 0 Å². The molecule has 0 aliphatic heterocycles. The summed E-state index contributed by atoms with van der Waals surface area (Å²) >= 11 is 0. The zero-order valence-electron chi connectivity index (χ0n) is 16.1. The number of rotatable bonds is 8. The maximum absolute atomic E-state index is 11.5. The van der Waals surface area contributed by atoms with Crippen LogP contribution in [0, 0.1) is 5.92 Å². The van der Waals surface area contributed by atoms with Crippen LogP contribution in [0.3, 0.4) is 0 Å². The van der Waals surface area contributed by atoms with Crippen LogP contribution >= 0.6 is 0 Å². The molecule has 1 unspecified atom stereocenters. The van der Waals surface area contributed by atoms with Crippen molar-refractivity contribution >= 4 is 5.97 Å². The van der Waals surface area contributed by atoms with Crippen LogP contribution in [0.2, 0.25) is 0 Å². The van der Waals surface area contributed by atoms with Crippen LogP contribution in [0.5, 0.6) is 5.75 Å².